The molecule has 2 aliphatic carbocycles. The smallest absolute Gasteiger partial charge is 0.225 e. The van der Waals surface area contributed by atoms with E-state index >= 15 is 0 Å². The molecule has 190 valence electrons. The van der Waals surface area contributed by atoms with Crippen molar-refractivity contribution in [1.29, 1.82) is 0 Å². The van der Waals surface area contributed by atoms with Crippen LogP contribution in [0.25, 0.3) is 21.9 Å². The summed E-state index contributed by atoms with van der Waals surface area (Å²) in [7, 11) is 0. The van der Waals surface area contributed by atoms with Gasteiger partial charge in [0.05, 0.1) is 36.0 Å². The van der Waals surface area contributed by atoms with Gasteiger partial charge in [0.25, 0.3) is 0 Å². The summed E-state index contributed by atoms with van der Waals surface area (Å²) in [5.41, 5.74) is 1.92. The normalized spacial score (nSPS) is 25.1. The number of allylic oxidation sites excluding steroid dienone is 1. The molecule has 2 bridgehead atoms. The van der Waals surface area contributed by atoms with E-state index in [1.165, 1.54) is 11.3 Å². The van der Waals surface area contributed by atoms with Crippen molar-refractivity contribution in [2.24, 2.45) is 17.8 Å². The van der Waals surface area contributed by atoms with Crippen molar-refractivity contribution < 1.29 is 9.53 Å². The quantitative estimate of drug-likeness (QED) is 0.377. The summed E-state index contributed by atoms with van der Waals surface area (Å²) in [6.45, 7) is 5.63. The first-order valence-corrected chi connectivity index (χ1v) is 13.9. The summed E-state index contributed by atoms with van der Waals surface area (Å²) in [6.07, 6.45) is 7.85. The molecule has 3 aromatic heterocycles. The summed E-state index contributed by atoms with van der Waals surface area (Å²) in [5, 5.41) is 8.40. The van der Waals surface area contributed by atoms with Gasteiger partial charge in [-0.1, -0.05) is 53.6 Å². The summed E-state index contributed by atoms with van der Waals surface area (Å²) < 4.78 is 5.45. The van der Waals surface area contributed by atoms with E-state index in [0.717, 1.165) is 35.9 Å². The zero-order valence-electron chi connectivity index (χ0n) is 19.8. The molecule has 6 rings (SSSR count). The molecule has 0 spiro atoms. The van der Waals surface area contributed by atoms with Crippen LogP contribution in [0.1, 0.15) is 19.8 Å². The number of nitrogens with zero attached hydrogens (tertiary/aromatic N) is 4. The lowest BCUT2D eigenvalue weighted by molar-refractivity contribution is -0.125. The van der Waals surface area contributed by atoms with Crippen LogP contribution >= 0.6 is 34.5 Å². The molecule has 3 aromatic rings. The predicted molar refractivity (Wildman–Crippen MR) is 143 cm³/mol. The third-order valence-electron chi connectivity index (χ3n) is 7.17. The van der Waals surface area contributed by atoms with E-state index in [1.54, 1.807) is 6.20 Å². The maximum absolute atomic E-state index is 13.0. The van der Waals surface area contributed by atoms with Crippen molar-refractivity contribution in [2.45, 2.75) is 25.8 Å². The number of thiazole rings is 1. The first-order valence-electron chi connectivity index (χ1n) is 12.3. The third kappa shape index (κ3) is 4.23. The standard InChI is InChI=1S/C24H27Cl2N7O2S/c1-2-5-27-23(34)15-12-3-4-13(10-12)16(15)29-17-14(25)11-28-21-18(17)30-22(32-21)19-20(26)31-24(36-19)33-6-8-35-9-7-33/h3-4,11-13,15-16H,2,5-10H2,1H3,(H,27,34)(H2,28,29,30,32)/t12-,13+,15+,16-/m1/s1. The number of fused-ring (bicyclic) bond motifs is 3. The van der Waals surface area contributed by atoms with Gasteiger partial charge in [0.1, 0.15) is 10.4 Å². The van der Waals surface area contributed by atoms with Gasteiger partial charge in [0.2, 0.25) is 5.91 Å². The summed E-state index contributed by atoms with van der Waals surface area (Å²) in [5.74, 6) is 1.02. The topological polar surface area (TPSA) is 108 Å². The Bertz CT molecular complexity index is 1320. The molecule has 0 unspecified atom stereocenters. The second-order valence-electron chi connectivity index (χ2n) is 9.42. The van der Waals surface area contributed by atoms with Gasteiger partial charge in [-0.3, -0.25) is 4.79 Å². The highest BCUT2D eigenvalue weighted by Gasteiger charge is 2.48. The molecule has 4 heterocycles. The van der Waals surface area contributed by atoms with Crippen LogP contribution in [0.3, 0.4) is 0 Å². The average molecular weight is 549 g/mol. The molecule has 36 heavy (non-hydrogen) atoms. The summed E-state index contributed by atoms with van der Waals surface area (Å²) in [6, 6.07) is -0.0633. The number of nitrogens with one attached hydrogen (secondary N) is 3. The van der Waals surface area contributed by atoms with Crippen molar-refractivity contribution in [3.8, 4) is 10.7 Å². The van der Waals surface area contributed by atoms with E-state index in [2.05, 4.69) is 49.6 Å². The van der Waals surface area contributed by atoms with Crippen LogP contribution in [0, 0.1) is 17.8 Å². The highest BCUT2D eigenvalue weighted by atomic mass is 35.5. The predicted octanol–water partition coefficient (Wildman–Crippen LogP) is 4.35. The van der Waals surface area contributed by atoms with Gasteiger partial charge in [-0.25, -0.2) is 15.0 Å². The number of aromatic amines is 1. The number of anilines is 2. The number of carbonyl (C=O) groups excluding carboxylic acids is 1. The maximum atomic E-state index is 13.0. The van der Waals surface area contributed by atoms with E-state index < -0.39 is 0 Å². The van der Waals surface area contributed by atoms with Crippen LogP contribution in [-0.2, 0) is 9.53 Å². The Hall–Kier alpha value is -2.40. The van der Waals surface area contributed by atoms with E-state index in [-0.39, 0.29) is 29.7 Å². The van der Waals surface area contributed by atoms with Crippen LogP contribution in [-0.4, -0.2) is 64.7 Å². The number of imidazole rings is 1. The van der Waals surface area contributed by atoms with Gasteiger partial charge in [-0.15, -0.1) is 0 Å². The van der Waals surface area contributed by atoms with Crippen LogP contribution in [0.2, 0.25) is 10.2 Å². The van der Waals surface area contributed by atoms with Crippen molar-refractivity contribution >= 4 is 62.4 Å². The van der Waals surface area contributed by atoms with Crippen LogP contribution < -0.4 is 15.5 Å². The Balaban J connectivity index is 1.32. The van der Waals surface area contributed by atoms with Crippen LogP contribution in [0.4, 0.5) is 10.8 Å². The van der Waals surface area contributed by atoms with Crippen molar-refractivity contribution in [3.63, 3.8) is 0 Å². The Morgan fingerprint density at radius 3 is 2.86 bits per heavy atom. The Kier molecular flexibility index (Phi) is 6.53. The first-order chi connectivity index (χ1) is 17.5. The monoisotopic (exact) mass is 547 g/mol. The maximum Gasteiger partial charge on any atom is 0.225 e. The van der Waals surface area contributed by atoms with Gasteiger partial charge in [0.15, 0.2) is 21.8 Å². The Morgan fingerprint density at radius 2 is 2.06 bits per heavy atom. The average Bonchev–Trinajstić information content (AvgIpc) is 3.67. The number of hydrogen-bond donors (Lipinski definition) is 3. The van der Waals surface area contributed by atoms with Crippen LogP contribution in [0.15, 0.2) is 18.3 Å². The Labute approximate surface area is 222 Å². The molecular formula is C24H27Cl2N7O2S. The fraction of sp³-hybridized carbons (Fsp3) is 0.500. The largest absolute Gasteiger partial charge is 0.378 e. The number of aromatic nitrogens is 4. The number of morpholine rings is 1. The van der Waals surface area contributed by atoms with Gasteiger partial charge in [-0.05, 0) is 24.7 Å². The number of hydrogen-bond acceptors (Lipinski definition) is 8. The van der Waals surface area contributed by atoms with Crippen molar-refractivity contribution in [1.82, 2.24) is 25.3 Å². The highest BCUT2D eigenvalue weighted by molar-refractivity contribution is 7.19. The molecule has 0 aromatic carbocycles. The minimum Gasteiger partial charge on any atom is -0.378 e. The fourth-order valence-electron chi connectivity index (χ4n) is 5.42. The SMILES string of the molecule is CCCNC(=O)[C@@H]1[C@H](Nc2c(Cl)cnc3nc(-c4sc(N5CCOCC5)nc4Cl)[nH]c23)[C@H]2C=C[C@@H]1C2. The molecule has 3 N–H and O–H groups in total. The molecule has 12 heteroatoms. The summed E-state index contributed by atoms with van der Waals surface area (Å²) in [4.78, 5) is 33.0. The van der Waals surface area contributed by atoms with Gasteiger partial charge < -0.3 is 25.3 Å². The molecule has 1 saturated heterocycles. The van der Waals surface area contributed by atoms with Gasteiger partial charge in [-0.2, -0.15) is 0 Å². The van der Waals surface area contributed by atoms with Gasteiger partial charge >= 0.3 is 0 Å². The molecule has 9 nitrogen and oxygen atoms in total. The molecule has 3 aliphatic rings. The molecule has 2 fully saturated rings. The number of amides is 1. The lowest BCUT2D eigenvalue weighted by atomic mass is 9.87. The fourth-order valence-corrected chi connectivity index (χ4v) is 6.91. The first kappa shape index (κ1) is 24.0. The zero-order valence-corrected chi connectivity index (χ0v) is 22.1. The minimum atomic E-state index is -0.153. The molecule has 0 radical (unpaired) electrons. The summed E-state index contributed by atoms with van der Waals surface area (Å²) >= 11 is 14.7. The van der Waals surface area contributed by atoms with E-state index in [1.807, 2.05) is 0 Å². The molecular weight excluding hydrogens is 521 g/mol. The van der Waals surface area contributed by atoms with E-state index in [9.17, 15) is 4.79 Å². The lowest BCUT2D eigenvalue weighted by Crippen LogP contribution is -2.43. The number of carbonyl (C=O) groups is 1. The number of H-pyrrole nitrogens is 1. The molecule has 1 amide bonds. The zero-order chi connectivity index (χ0) is 24.8. The van der Waals surface area contributed by atoms with Crippen LogP contribution in [0.5, 0.6) is 0 Å². The molecule has 4 atom stereocenters. The van der Waals surface area contributed by atoms with Crippen molar-refractivity contribution in [2.75, 3.05) is 43.1 Å². The number of pyridine rings is 1. The number of halogens is 2. The minimum absolute atomic E-state index is 0.0633. The van der Waals surface area contributed by atoms with E-state index in [4.69, 9.17) is 32.9 Å². The van der Waals surface area contributed by atoms with E-state index in [0.29, 0.717) is 52.6 Å². The molecule has 1 aliphatic heterocycles. The third-order valence-corrected chi connectivity index (χ3v) is 8.96. The second-order valence-corrected chi connectivity index (χ2v) is 11.2. The highest BCUT2D eigenvalue weighted by Crippen LogP contribution is 2.46. The van der Waals surface area contributed by atoms with Crippen molar-refractivity contribution in [3.05, 3.63) is 28.5 Å². The number of ether oxygens (including phenoxy) is 1. The Morgan fingerprint density at radius 1 is 1.25 bits per heavy atom. The number of rotatable bonds is 7. The molecule has 1 saturated carbocycles. The lowest BCUT2D eigenvalue weighted by Gasteiger charge is -2.29. The second kappa shape index (κ2) is 9.81. The van der Waals surface area contributed by atoms with Gasteiger partial charge in [0, 0.05) is 25.7 Å².